The van der Waals surface area contributed by atoms with E-state index in [2.05, 4.69) is 14.1 Å². The van der Waals surface area contributed by atoms with Gasteiger partial charge in [-0.3, -0.25) is 4.79 Å². The molecule has 1 N–H and O–H groups in total. The van der Waals surface area contributed by atoms with Gasteiger partial charge in [-0.2, -0.15) is 8.78 Å². The molecule has 0 radical (unpaired) electrons. The van der Waals surface area contributed by atoms with Gasteiger partial charge in [0, 0.05) is 18.3 Å². The van der Waals surface area contributed by atoms with Crippen molar-refractivity contribution in [2.75, 3.05) is 6.61 Å². The molecule has 3 fully saturated rings. The van der Waals surface area contributed by atoms with Crippen LogP contribution in [0.4, 0.5) is 8.78 Å². The van der Waals surface area contributed by atoms with Crippen LogP contribution < -0.4 is 0 Å². The zero-order valence-corrected chi connectivity index (χ0v) is 13.0. The molecule has 5 unspecified atom stereocenters. The fourth-order valence-electron chi connectivity index (χ4n) is 4.14. The molecule has 2 bridgehead atoms. The molecule has 0 aromatic heterocycles. The first kappa shape index (κ1) is 17.5. The van der Waals surface area contributed by atoms with E-state index in [0.29, 0.717) is 12.8 Å². The van der Waals surface area contributed by atoms with Crippen LogP contribution in [-0.2, 0) is 33.2 Å². The molecule has 3 rings (SSSR count). The van der Waals surface area contributed by atoms with Gasteiger partial charge in [-0.1, -0.05) is 5.04 Å². The van der Waals surface area contributed by atoms with Gasteiger partial charge in [-0.25, -0.2) is 14.8 Å². The Balaban J connectivity index is 1.47. The van der Waals surface area contributed by atoms with Gasteiger partial charge < -0.3 is 9.47 Å². The van der Waals surface area contributed by atoms with E-state index in [4.69, 9.17) is 9.99 Å². The third-order valence-corrected chi connectivity index (χ3v) is 5.44. The van der Waals surface area contributed by atoms with Gasteiger partial charge in [0.25, 0.3) is 0 Å². The lowest BCUT2D eigenvalue weighted by atomic mass is 9.86. The Morgan fingerprint density at radius 2 is 2.04 bits per heavy atom. The molecule has 0 aromatic carbocycles. The van der Waals surface area contributed by atoms with Crippen molar-refractivity contribution >= 4 is 29.8 Å². The van der Waals surface area contributed by atoms with Crippen molar-refractivity contribution in [1.82, 2.24) is 0 Å². The number of ketones is 1. The number of esters is 2. The number of rotatable bonds is 7. The average molecular weight is 368 g/mol. The van der Waals surface area contributed by atoms with E-state index in [1.54, 1.807) is 0 Å². The van der Waals surface area contributed by atoms with E-state index in [1.807, 2.05) is 0 Å². The van der Waals surface area contributed by atoms with E-state index in [0.717, 1.165) is 6.42 Å². The van der Waals surface area contributed by atoms with Gasteiger partial charge in [0.2, 0.25) is 0 Å². The lowest BCUT2D eigenvalue weighted by Gasteiger charge is -2.27. The average Bonchev–Trinajstić information content (AvgIpc) is 3.15. The Labute approximate surface area is 138 Å². The Bertz CT molecular complexity index is 556. The lowest BCUT2D eigenvalue weighted by Crippen LogP contribution is -2.34. The van der Waals surface area contributed by atoms with E-state index >= 15 is 0 Å². The van der Waals surface area contributed by atoms with E-state index in [9.17, 15) is 23.2 Å². The van der Waals surface area contributed by atoms with Gasteiger partial charge in [-0.05, 0) is 24.7 Å². The normalized spacial score (nSPS) is 33.8. The molecule has 0 aliphatic heterocycles. The second-order valence-electron chi connectivity index (χ2n) is 6.11. The molecule has 11 heteroatoms. The predicted molar refractivity (Wildman–Crippen MR) is 71.0 cm³/mol. The molecule has 3 aliphatic rings. The van der Waals surface area contributed by atoms with Crippen molar-refractivity contribution in [2.45, 2.75) is 30.6 Å². The van der Waals surface area contributed by atoms with Crippen molar-refractivity contribution in [2.24, 2.45) is 23.7 Å². The summed E-state index contributed by atoms with van der Waals surface area (Å²) >= 11 is -0.779. The van der Waals surface area contributed by atoms with Gasteiger partial charge in [-0.15, -0.1) is 4.33 Å². The molecule has 0 saturated heterocycles. The summed E-state index contributed by atoms with van der Waals surface area (Å²) in [6.45, 7) is -0.979. The highest BCUT2D eigenvalue weighted by Crippen LogP contribution is 2.59. The minimum absolute atomic E-state index is 0.0204. The fourth-order valence-corrected chi connectivity index (χ4v) is 4.38. The fraction of sp³-hybridized carbons (Fsp3) is 0.769. The maximum absolute atomic E-state index is 13.1. The molecule has 0 aromatic rings. The maximum Gasteiger partial charge on any atom is 0.415 e. The summed E-state index contributed by atoms with van der Waals surface area (Å²) in [5.41, 5.74) is 0. The highest BCUT2D eigenvalue weighted by Gasteiger charge is 2.60. The van der Waals surface area contributed by atoms with Crippen molar-refractivity contribution in [3.8, 4) is 0 Å². The Morgan fingerprint density at radius 3 is 2.75 bits per heavy atom. The van der Waals surface area contributed by atoms with Gasteiger partial charge in [0.05, 0.1) is 0 Å². The molecular formula is C13H14F2O8S. The first-order valence-electron chi connectivity index (χ1n) is 7.26. The monoisotopic (exact) mass is 368 g/mol. The summed E-state index contributed by atoms with van der Waals surface area (Å²) in [5.74, 6) is -2.41. The molecule has 3 aliphatic carbocycles. The predicted octanol–water partition coefficient (Wildman–Crippen LogP) is 1.35. The second kappa shape index (κ2) is 6.54. The molecule has 0 spiro atoms. The standard InChI is InChI=1S/C13H14F2O8S/c14-13(15,24-23-22-19)12(18)20-4-10(17)21-11-5-1-6-7(2-5)9(16)3-8(6)11/h5-8,11,19H,1-4H2. The molecule has 8 nitrogen and oxygen atoms in total. The van der Waals surface area contributed by atoms with Crippen LogP contribution in [0.25, 0.3) is 0 Å². The Morgan fingerprint density at radius 1 is 1.29 bits per heavy atom. The molecule has 5 atom stereocenters. The molecule has 3 saturated carbocycles. The number of carbonyl (C=O) groups excluding carboxylic acids is 3. The summed E-state index contributed by atoms with van der Waals surface area (Å²) in [6, 6.07) is 0. The van der Waals surface area contributed by atoms with Crippen LogP contribution >= 0.6 is 12.0 Å². The topological polar surface area (TPSA) is 108 Å². The minimum atomic E-state index is -4.17. The molecule has 0 amide bonds. The first-order valence-corrected chi connectivity index (χ1v) is 8.00. The van der Waals surface area contributed by atoms with E-state index < -0.39 is 41.9 Å². The third-order valence-electron chi connectivity index (χ3n) is 4.93. The first-order chi connectivity index (χ1) is 11.3. The summed E-state index contributed by atoms with van der Waals surface area (Å²) in [6.07, 6.45) is 1.46. The van der Waals surface area contributed by atoms with E-state index in [-0.39, 0.29) is 29.5 Å². The molecule has 134 valence electrons. The second-order valence-corrected chi connectivity index (χ2v) is 6.92. The van der Waals surface area contributed by atoms with Crippen LogP contribution in [0, 0.1) is 23.7 Å². The lowest BCUT2D eigenvalue weighted by molar-refractivity contribution is -0.433. The maximum atomic E-state index is 13.1. The van der Waals surface area contributed by atoms with Crippen molar-refractivity contribution in [3.05, 3.63) is 0 Å². The molecular weight excluding hydrogens is 354 g/mol. The summed E-state index contributed by atoms with van der Waals surface area (Å²) in [5, 5.41) is 6.58. The summed E-state index contributed by atoms with van der Waals surface area (Å²) < 4.78 is 39.2. The van der Waals surface area contributed by atoms with Crippen LogP contribution in [-0.4, -0.2) is 40.9 Å². The van der Waals surface area contributed by atoms with Crippen LogP contribution in [0.15, 0.2) is 0 Å². The number of hydrogen-bond donors (Lipinski definition) is 1. The largest absolute Gasteiger partial charge is 0.459 e. The van der Waals surface area contributed by atoms with Crippen molar-refractivity contribution in [3.63, 3.8) is 0 Å². The Hall–Kier alpha value is -1.30. The zero-order chi connectivity index (χ0) is 17.5. The number of fused-ring (bicyclic) bond motifs is 1. The number of carbonyl (C=O) groups is 3. The van der Waals surface area contributed by atoms with Gasteiger partial charge in [0.1, 0.15) is 23.9 Å². The van der Waals surface area contributed by atoms with Gasteiger partial charge >= 0.3 is 17.2 Å². The molecule has 24 heavy (non-hydrogen) atoms. The number of alkyl halides is 2. The highest BCUT2D eigenvalue weighted by molar-refractivity contribution is 7.96. The number of hydrogen-bond acceptors (Lipinski definition) is 9. The number of Topliss-reactive ketones (excluding diaryl/α,β-unsaturated/α-hetero) is 1. The van der Waals surface area contributed by atoms with Crippen LogP contribution in [0.5, 0.6) is 0 Å². The number of ether oxygens (including phenoxy) is 2. The highest BCUT2D eigenvalue weighted by atomic mass is 32.2. The van der Waals surface area contributed by atoms with Crippen molar-refractivity contribution in [1.29, 1.82) is 0 Å². The smallest absolute Gasteiger partial charge is 0.415 e. The van der Waals surface area contributed by atoms with Crippen LogP contribution in [0.2, 0.25) is 0 Å². The van der Waals surface area contributed by atoms with Crippen LogP contribution in [0.1, 0.15) is 19.3 Å². The molecule has 0 heterocycles. The van der Waals surface area contributed by atoms with Gasteiger partial charge in [0.15, 0.2) is 6.61 Å². The SMILES string of the molecule is O=C(COC(=O)C(F)(F)SOOO)OC1C2CC3C(=O)CC1C3C2. The van der Waals surface area contributed by atoms with E-state index in [1.165, 1.54) is 0 Å². The number of halogens is 2. The Kier molecular flexibility index (Phi) is 4.78. The summed E-state index contributed by atoms with van der Waals surface area (Å²) in [4.78, 5) is 34.7. The van der Waals surface area contributed by atoms with Crippen molar-refractivity contribution < 1.29 is 47.3 Å². The minimum Gasteiger partial charge on any atom is -0.459 e. The van der Waals surface area contributed by atoms with Crippen LogP contribution in [0.3, 0.4) is 0 Å². The summed E-state index contributed by atoms with van der Waals surface area (Å²) in [7, 11) is 0. The quantitative estimate of drug-likeness (QED) is 0.308. The zero-order valence-electron chi connectivity index (χ0n) is 12.2. The third kappa shape index (κ3) is 3.13.